The van der Waals surface area contributed by atoms with Gasteiger partial charge in [-0.1, -0.05) is 6.92 Å². The van der Waals surface area contributed by atoms with Gasteiger partial charge < -0.3 is 10.4 Å². The number of nitrogens with zero attached hydrogens (tertiary/aromatic N) is 1. The van der Waals surface area contributed by atoms with Crippen molar-refractivity contribution in [3.8, 4) is 0 Å². The molecule has 0 bridgehead atoms. The molecule has 104 valence electrons. The van der Waals surface area contributed by atoms with Gasteiger partial charge in [0.15, 0.2) is 0 Å². The van der Waals surface area contributed by atoms with Gasteiger partial charge in [0.1, 0.15) is 0 Å². The molecule has 6 heteroatoms. The van der Waals surface area contributed by atoms with Crippen LogP contribution in [-0.4, -0.2) is 28.1 Å². The molecular weight excluding hydrogens is 248 g/mol. The number of non-ortho nitro benzene ring substituents is 1. The summed E-state index contributed by atoms with van der Waals surface area (Å²) < 4.78 is 0. The number of carbonyl (C=O) groups is 1. The molecule has 1 aromatic rings. The highest BCUT2D eigenvalue weighted by atomic mass is 16.6. The molecule has 6 nitrogen and oxygen atoms in total. The molecule has 1 rings (SSSR count). The third kappa shape index (κ3) is 4.03. The molecule has 0 aromatic heterocycles. The standard InChI is InChI=1S/C13H18N2O4/c1-3-13(2,8-9-16)14-12(17)10-4-6-11(7-5-10)15(18)19/h4-7,16H,3,8-9H2,1-2H3,(H,14,17). The Balaban J connectivity index is 2.80. The molecule has 1 amide bonds. The van der Waals surface area contributed by atoms with Crippen molar-refractivity contribution in [1.29, 1.82) is 0 Å². The SMILES string of the molecule is CCC(C)(CCO)NC(=O)c1ccc([N+](=O)[O-])cc1. The number of nitrogens with one attached hydrogen (secondary N) is 1. The van der Waals surface area contributed by atoms with Crippen LogP contribution in [0, 0.1) is 10.1 Å². The molecule has 0 radical (unpaired) electrons. The lowest BCUT2D eigenvalue weighted by atomic mass is 9.94. The fourth-order valence-electron chi connectivity index (χ4n) is 1.66. The Morgan fingerprint density at radius 3 is 2.42 bits per heavy atom. The molecular formula is C13H18N2O4. The number of aliphatic hydroxyl groups is 1. The summed E-state index contributed by atoms with van der Waals surface area (Å²) in [5, 5.41) is 22.3. The van der Waals surface area contributed by atoms with Crippen molar-refractivity contribution in [3.63, 3.8) is 0 Å². The lowest BCUT2D eigenvalue weighted by Crippen LogP contribution is -2.46. The lowest BCUT2D eigenvalue weighted by Gasteiger charge is -2.29. The summed E-state index contributed by atoms with van der Waals surface area (Å²) in [6.45, 7) is 3.77. The minimum Gasteiger partial charge on any atom is -0.396 e. The van der Waals surface area contributed by atoms with Crippen LogP contribution in [0.5, 0.6) is 0 Å². The zero-order chi connectivity index (χ0) is 14.5. The maximum atomic E-state index is 12.0. The Hall–Kier alpha value is -1.95. The highest BCUT2D eigenvalue weighted by molar-refractivity contribution is 5.94. The van der Waals surface area contributed by atoms with Gasteiger partial charge in [-0.05, 0) is 31.9 Å². The van der Waals surface area contributed by atoms with Gasteiger partial charge in [0.05, 0.1) is 4.92 Å². The van der Waals surface area contributed by atoms with Crippen LogP contribution in [0.4, 0.5) is 5.69 Å². The second-order valence-corrected chi connectivity index (χ2v) is 4.65. The van der Waals surface area contributed by atoms with Gasteiger partial charge in [-0.25, -0.2) is 0 Å². The van der Waals surface area contributed by atoms with Gasteiger partial charge >= 0.3 is 0 Å². The average Bonchev–Trinajstić information content (AvgIpc) is 2.39. The second-order valence-electron chi connectivity index (χ2n) is 4.65. The summed E-state index contributed by atoms with van der Waals surface area (Å²) in [7, 11) is 0. The second kappa shape index (κ2) is 6.29. The highest BCUT2D eigenvalue weighted by Gasteiger charge is 2.24. The topological polar surface area (TPSA) is 92.5 Å². The summed E-state index contributed by atoms with van der Waals surface area (Å²) in [5.74, 6) is -0.298. The van der Waals surface area contributed by atoms with Gasteiger partial charge in [0.25, 0.3) is 11.6 Å². The van der Waals surface area contributed by atoms with E-state index in [0.29, 0.717) is 18.4 Å². The smallest absolute Gasteiger partial charge is 0.269 e. The minimum absolute atomic E-state index is 0.00905. The van der Waals surface area contributed by atoms with Crippen LogP contribution >= 0.6 is 0 Å². The summed E-state index contributed by atoms with van der Waals surface area (Å²) in [4.78, 5) is 22.0. The van der Waals surface area contributed by atoms with Gasteiger partial charge in [-0.3, -0.25) is 14.9 Å². The number of carbonyl (C=O) groups excluding carboxylic acids is 1. The Labute approximate surface area is 111 Å². The molecule has 0 heterocycles. The van der Waals surface area contributed by atoms with Gasteiger partial charge in [0.2, 0.25) is 0 Å². The molecule has 1 unspecified atom stereocenters. The van der Waals surface area contributed by atoms with E-state index in [1.54, 1.807) is 0 Å². The van der Waals surface area contributed by atoms with E-state index in [0.717, 1.165) is 0 Å². The van der Waals surface area contributed by atoms with Gasteiger partial charge in [-0.2, -0.15) is 0 Å². The van der Waals surface area contributed by atoms with Crippen molar-refractivity contribution in [3.05, 3.63) is 39.9 Å². The number of amides is 1. The number of hydrogen-bond acceptors (Lipinski definition) is 4. The zero-order valence-electron chi connectivity index (χ0n) is 11.0. The number of benzene rings is 1. The third-order valence-corrected chi connectivity index (χ3v) is 3.20. The summed E-state index contributed by atoms with van der Waals surface area (Å²) in [6, 6.07) is 5.43. The van der Waals surface area contributed by atoms with Crippen LogP contribution < -0.4 is 5.32 Å². The summed E-state index contributed by atoms with van der Waals surface area (Å²) in [6.07, 6.45) is 1.15. The van der Waals surface area contributed by atoms with Crippen molar-refractivity contribution in [2.24, 2.45) is 0 Å². The van der Waals surface area contributed by atoms with Crippen molar-refractivity contribution < 1.29 is 14.8 Å². The fourth-order valence-corrected chi connectivity index (χ4v) is 1.66. The van der Waals surface area contributed by atoms with E-state index in [1.807, 2.05) is 13.8 Å². The highest BCUT2D eigenvalue weighted by Crippen LogP contribution is 2.16. The molecule has 0 saturated carbocycles. The fraction of sp³-hybridized carbons (Fsp3) is 0.462. The van der Waals surface area contributed by atoms with Crippen molar-refractivity contribution in [2.45, 2.75) is 32.2 Å². The molecule has 0 aliphatic heterocycles. The molecule has 0 saturated heterocycles. The molecule has 1 atom stereocenters. The quantitative estimate of drug-likeness (QED) is 0.607. The number of nitro benzene ring substituents is 1. The predicted octanol–water partition coefficient (Wildman–Crippen LogP) is 1.88. The molecule has 0 aliphatic rings. The van der Waals surface area contributed by atoms with Crippen LogP contribution in [0.1, 0.15) is 37.0 Å². The van der Waals surface area contributed by atoms with Crippen LogP contribution in [0.3, 0.4) is 0 Å². The van der Waals surface area contributed by atoms with E-state index in [1.165, 1.54) is 24.3 Å². The lowest BCUT2D eigenvalue weighted by molar-refractivity contribution is -0.384. The normalized spacial score (nSPS) is 13.6. The van der Waals surface area contributed by atoms with Crippen molar-refractivity contribution in [2.75, 3.05) is 6.61 Å². The van der Waals surface area contributed by atoms with Crippen LogP contribution in [0.25, 0.3) is 0 Å². The number of aliphatic hydroxyl groups excluding tert-OH is 1. The first-order chi connectivity index (χ1) is 8.91. The summed E-state index contributed by atoms with van der Waals surface area (Å²) >= 11 is 0. The van der Waals surface area contributed by atoms with Crippen LogP contribution in [0.2, 0.25) is 0 Å². The summed E-state index contributed by atoms with van der Waals surface area (Å²) in [5.41, 5.74) is -0.165. The monoisotopic (exact) mass is 266 g/mol. The van der Waals surface area contributed by atoms with Gasteiger partial charge in [0, 0.05) is 29.8 Å². The molecule has 0 spiro atoms. The van der Waals surface area contributed by atoms with E-state index >= 15 is 0 Å². The molecule has 0 fully saturated rings. The maximum Gasteiger partial charge on any atom is 0.269 e. The van der Waals surface area contributed by atoms with E-state index in [-0.39, 0.29) is 18.2 Å². The molecule has 19 heavy (non-hydrogen) atoms. The number of nitro groups is 1. The Kier molecular flexibility index (Phi) is 5.00. The Morgan fingerprint density at radius 1 is 1.42 bits per heavy atom. The molecule has 0 aliphatic carbocycles. The number of hydrogen-bond donors (Lipinski definition) is 2. The van der Waals surface area contributed by atoms with Crippen LogP contribution in [-0.2, 0) is 0 Å². The van der Waals surface area contributed by atoms with Crippen molar-refractivity contribution >= 4 is 11.6 Å². The number of rotatable bonds is 6. The Bertz CT molecular complexity index is 458. The van der Waals surface area contributed by atoms with E-state index in [2.05, 4.69) is 5.32 Å². The minimum atomic E-state index is -0.510. The first kappa shape index (κ1) is 15.1. The van der Waals surface area contributed by atoms with Crippen molar-refractivity contribution in [1.82, 2.24) is 5.32 Å². The maximum absolute atomic E-state index is 12.0. The molecule has 1 aromatic carbocycles. The zero-order valence-corrected chi connectivity index (χ0v) is 11.0. The van der Waals surface area contributed by atoms with E-state index < -0.39 is 10.5 Å². The van der Waals surface area contributed by atoms with E-state index in [4.69, 9.17) is 5.11 Å². The third-order valence-electron chi connectivity index (χ3n) is 3.20. The first-order valence-electron chi connectivity index (χ1n) is 6.09. The largest absolute Gasteiger partial charge is 0.396 e. The molecule has 2 N–H and O–H groups in total. The van der Waals surface area contributed by atoms with E-state index in [9.17, 15) is 14.9 Å². The average molecular weight is 266 g/mol. The predicted molar refractivity (Wildman–Crippen MR) is 71.0 cm³/mol. The Morgan fingerprint density at radius 2 is 2.00 bits per heavy atom. The van der Waals surface area contributed by atoms with Crippen LogP contribution in [0.15, 0.2) is 24.3 Å². The van der Waals surface area contributed by atoms with Gasteiger partial charge in [-0.15, -0.1) is 0 Å². The first-order valence-corrected chi connectivity index (χ1v) is 6.09.